The summed E-state index contributed by atoms with van der Waals surface area (Å²) in [6.45, 7) is 0.362. The fraction of sp³-hybridized carbons (Fsp3) is 0.875. The Morgan fingerprint density at radius 2 is 2.20 bits per heavy atom. The number of halogens is 3. The molecular weight excluding hydrogens is 215 g/mol. The Kier molecular flexibility index (Phi) is 3.56. The van der Waals surface area contributed by atoms with Crippen LogP contribution in [0.4, 0.5) is 13.2 Å². The molecule has 1 rings (SSSR count). The zero-order valence-electron chi connectivity index (χ0n) is 8.12. The van der Waals surface area contributed by atoms with Gasteiger partial charge in [-0.15, -0.1) is 0 Å². The van der Waals surface area contributed by atoms with Gasteiger partial charge in [0.1, 0.15) is 6.04 Å². The van der Waals surface area contributed by atoms with Crippen LogP contribution in [0.15, 0.2) is 0 Å². The molecule has 1 aliphatic rings. The number of alkyl halides is 3. The maximum absolute atomic E-state index is 12.1. The molecule has 88 valence electrons. The number of rotatable bonds is 2. The van der Waals surface area contributed by atoms with E-state index in [1.165, 1.54) is 6.92 Å². The van der Waals surface area contributed by atoms with Gasteiger partial charge in [0.2, 0.25) is 0 Å². The third-order valence-electron chi connectivity index (χ3n) is 2.23. The van der Waals surface area contributed by atoms with E-state index in [1.54, 1.807) is 0 Å². The average Bonchev–Trinajstić information content (AvgIpc) is 1.99. The van der Waals surface area contributed by atoms with Crippen molar-refractivity contribution >= 4 is 5.97 Å². The molecular formula is C8H12F3NO3. The van der Waals surface area contributed by atoms with Crippen molar-refractivity contribution < 1.29 is 27.8 Å². The SMILES string of the molecule is CC1OCCN(CC(F)(F)F)C1C(=O)O. The number of hydrogen-bond acceptors (Lipinski definition) is 3. The Morgan fingerprint density at radius 3 is 2.67 bits per heavy atom. The third-order valence-corrected chi connectivity index (χ3v) is 2.23. The highest BCUT2D eigenvalue weighted by molar-refractivity contribution is 5.74. The first kappa shape index (κ1) is 12.3. The van der Waals surface area contributed by atoms with Crippen LogP contribution in [-0.4, -0.2) is 54.0 Å². The summed E-state index contributed by atoms with van der Waals surface area (Å²) in [6.07, 6.45) is -5.11. The first-order valence-corrected chi connectivity index (χ1v) is 4.46. The van der Waals surface area contributed by atoms with E-state index in [0.717, 1.165) is 4.90 Å². The number of carboxylic acid groups (broad SMARTS) is 1. The molecule has 15 heavy (non-hydrogen) atoms. The van der Waals surface area contributed by atoms with Crippen molar-refractivity contribution in [3.05, 3.63) is 0 Å². The smallest absolute Gasteiger partial charge is 0.401 e. The number of ether oxygens (including phenoxy) is 1. The van der Waals surface area contributed by atoms with Crippen LogP contribution in [-0.2, 0) is 9.53 Å². The second-order valence-corrected chi connectivity index (χ2v) is 3.44. The first-order valence-electron chi connectivity index (χ1n) is 4.46. The fourth-order valence-electron chi connectivity index (χ4n) is 1.65. The number of nitrogens with zero attached hydrogens (tertiary/aromatic N) is 1. The van der Waals surface area contributed by atoms with Crippen LogP contribution in [0.25, 0.3) is 0 Å². The molecule has 1 heterocycles. The van der Waals surface area contributed by atoms with Gasteiger partial charge in [0.25, 0.3) is 0 Å². The Morgan fingerprint density at radius 1 is 1.60 bits per heavy atom. The van der Waals surface area contributed by atoms with Crippen LogP contribution in [0.2, 0.25) is 0 Å². The normalized spacial score (nSPS) is 29.1. The predicted octanol–water partition coefficient (Wildman–Crippen LogP) is 0.723. The molecule has 1 fully saturated rings. The largest absolute Gasteiger partial charge is 0.480 e. The quantitative estimate of drug-likeness (QED) is 0.755. The lowest BCUT2D eigenvalue weighted by molar-refractivity contribution is -0.181. The van der Waals surface area contributed by atoms with Gasteiger partial charge in [0, 0.05) is 6.54 Å². The summed E-state index contributed by atoms with van der Waals surface area (Å²) in [6, 6.07) is -1.22. The molecule has 1 aliphatic heterocycles. The second-order valence-electron chi connectivity index (χ2n) is 3.44. The van der Waals surface area contributed by atoms with E-state index >= 15 is 0 Å². The van der Waals surface area contributed by atoms with E-state index in [0.29, 0.717) is 0 Å². The van der Waals surface area contributed by atoms with Gasteiger partial charge in [-0.2, -0.15) is 13.2 Å². The Balaban J connectivity index is 2.71. The van der Waals surface area contributed by atoms with Crippen molar-refractivity contribution in [1.82, 2.24) is 4.90 Å². The number of morpholine rings is 1. The molecule has 1 saturated heterocycles. The highest BCUT2D eigenvalue weighted by atomic mass is 19.4. The van der Waals surface area contributed by atoms with Gasteiger partial charge in [0.05, 0.1) is 19.3 Å². The lowest BCUT2D eigenvalue weighted by Gasteiger charge is -2.37. The van der Waals surface area contributed by atoms with Crippen molar-refractivity contribution in [2.45, 2.75) is 25.2 Å². The summed E-state index contributed by atoms with van der Waals surface area (Å²) >= 11 is 0. The molecule has 0 aliphatic carbocycles. The van der Waals surface area contributed by atoms with E-state index < -0.39 is 30.8 Å². The summed E-state index contributed by atoms with van der Waals surface area (Å²) in [7, 11) is 0. The lowest BCUT2D eigenvalue weighted by atomic mass is 10.1. The van der Waals surface area contributed by atoms with Crippen LogP contribution in [0.5, 0.6) is 0 Å². The van der Waals surface area contributed by atoms with Gasteiger partial charge in [-0.25, -0.2) is 0 Å². The van der Waals surface area contributed by atoms with Gasteiger partial charge >= 0.3 is 12.1 Å². The standard InChI is InChI=1S/C8H12F3NO3/c1-5-6(7(13)14)12(2-3-15-5)4-8(9,10)11/h5-6H,2-4H2,1H3,(H,13,14). The highest BCUT2D eigenvalue weighted by Crippen LogP contribution is 2.22. The minimum Gasteiger partial charge on any atom is -0.480 e. The third kappa shape index (κ3) is 3.35. The van der Waals surface area contributed by atoms with Gasteiger partial charge < -0.3 is 9.84 Å². The second kappa shape index (κ2) is 4.36. The van der Waals surface area contributed by atoms with Gasteiger partial charge in [-0.05, 0) is 6.92 Å². The van der Waals surface area contributed by atoms with Crippen molar-refractivity contribution in [3.63, 3.8) is 0 Å². The van der Waals surface area contributed by atoms with Crippen molar-refractivity contribution in [1.29, 1.82) is 0 Å². The van der Waals surface area contributed by atoms with Crippen molar-refractivity contribution in [2.24, 2.45) is 0 Å². The van der Waals surface area contributed by atoms with Gasteiger partial charge in [0.15, 0.2) is 0 Å². The zero-order valence-corrected chi connectivity index (χ0v) is 8.12. The monoisotopic (exact) mass is 227 g/mol. The molecule has 4 nitrogen and oxygen atoms in total. The number of carboxylic acids is 1. The van der Waals surface area contributed by atoms with Gasteiger partial charge in [-0.3, -0.25) is 9.69 Å². The fourth-order valence-corrected chi connectivity index (χ4v) is 1.65. The highest BCUT2D eigenvalue weighted by Gasteiger charge is 2.41. The minimum atomic E-state index is -4.38. The summed E-state index contributed by atoms with van der Waals surface area (Å²) in [4.78, 5) is 11.7. The van der Waals surface area contributed by atoms with E-state index in [9.17, 15) is 18.0 Å². The molecule has 2 atom stereocenters. The molecule has 0 bridgehead atoms. The van der Waals surface area contributed by atoms with Crippen molar-refractivity contribution in [2.75, 3.05) is 19.7 Å². The summed E-state index contributed by atoms with van der Waals surface area (Å²) in [5.74, 6) is -1.29. The van der Waals surface area contributed by atoms with Crippen LogP contribution < -0.4 is 0 Å². The molecule has 0 aromatic heterocycles. The van der Waals surface area contributed by atoms with Crippen molar-refractivity contribution in [3.8, 4) is 0 Å². The van der Waals surface area contributed by atoms with E-state index in [4.69, 9.17) is 9.84 Å². The summed E-state index contributed by atoms with van der Waals surface area (Å²) < 4.78 is 41.4. The Labute approximate surface area is 84.6 Å². The number of aliphatic carboxylic acids is 1. The molecule has 0 aromatic rings. The topological polar surface area (TPSA) is 49.8 Å². The Hall–Kier alpha value is -0.820. The molecule has 2 unspecified atom stereocenters. The van der Waals surface area contributed by atoms with Gasteiger partial charge in [-0.1, -0.05) is 0 Å². The van der Waals surface area contributed by atoms with Crippen LogP contribution in [0.3, 0.4) is 0 Å². The predicted molar refractivity (Wildman–Crippen MR) is 44.5 cm³/mol. The van der Waals surface area contributed by atoms with E-state index in [2.05, 4.69) is 0 Å². The molecule has 1 N–H and O–H groups in total. The number of carbonyl (C=O) groups is 1. The summed E-state index contributed by atoms with van der Waals surface area (Å²) in [5, 5.41) is 8.79. The van der Waals surface area contributed by atoms with Crippen LogP contribution >= 0.6 is 0 Å². The minimum absolute atomic E-state index is 0.0131. The molecule has 0 aromatic carbocycles. The van der Waals surface area contributed by atoms with Crippen LogP contribution in [0, 0.1) is 0 Å². The maximum Gasteiger partial charge on any atom is 0.401 e. The lowest BCUT2D eigenvalue weighted by Crippen LogP contribution is -2.56. The molecule has 0 radical (unpaired) electrons. The molecule has 0 saturated carbocycles. The summed E-state index contributed by atoms with van der Waals surface area (Å²) in [5.41, 5.74) is 0. The first-order chi connectivity index (χ1) is 6.81. The molecule has 0 amide bonds. The zero-order chi connectivity index (χ0) is 11.6. The Bertz CT molecular complexity index is 244. The average molecular weight is 227 g/mol. The van der Waals surface area contributed by atoms with Crippen LogP contribution in [0.1, 0.15) is 6.92 Å². The maximum atomic E-state index is 12.1. The van der Waals surface area contributed by atoms with E-state index in [1.807, 2.05) is 0 Å². The van der Waals surface area contributed by atoms with E-state index in [-0.39, 0.29) is 13.2 Å². The molecule has 0 spiro atoms. The number of hydrogen-bond donors (Lipinski definition) is 1. The molecule has 7 heteroatoms.